The summed E-state index contributed by atoms with van der Waals surface area (Å²) in [4.78, 5) is 10.4. The van der Waals surface area contributed by atoms with E-state index >= 15 is 0 Å². The largest absolute Gasteiger partial charge is 0.451 e. The number of anilines is 1. The Morgan fingerprint density at radius 3 is 1.52 bits per heavy atom. The molecule has 0 aliphatic heterocycles. The molecule has 0 N–H and O–H groups in total. The average molecular weight is 336 g/mol. The predicted molar refractivity (Wildman–Crippen MR) is 69.6 cm³/mol. The summed E-state index contributed by atoms with van der Waals surface area (Å²) in [6.07, 6.45) is -10.2. The number of alkyl halides is 6. The van der Waals surface area contributed by atoms with Crippen LogP contribution in [0.25, 0.3) is 11.4 Å². The quantitative estimate of drug-likeness (QED) is 0.785. The van der Waals surface area contributed by atoms with Crippen LogP contribution in [0.2, 0.25) is 0 Å². The van der Waals surface area contributed by atoms with Gasteiger partial charge >= 0.3 is 12.4 Å². The molecule has 23 heavy (non-hydrogen) atoms. The summed E-state index contributed by atoms with van der Waals surface area (Å²) in [6.45, 7) is 0. The van der Waals surface area contributed by atoms with Crippen LogP contribution in [-0.4, -0.2) is 29.0 Å². The van der Waals surface area contributed by atoms with Gasteiger partial charge in [-0.2, -0.15) is 26.3 Å². The van der Waals surface area contributed by atoms with E-state index in [0.717, 1.165) is 5.69 Å². The van der Waals surface area contributed by atoms with Crippen molar-refractivity contribution in [3.05, 3.63) is 35.9 Å². The van der Waals surface area contributed by atoms with Crippen molar-refractivity contribution in [2.45, 2.75) is 12.4 Å². The fraction of sp³-hybridized carbons (Fsp3) is 0.308. The van der Waals surface area contributed by atoms with Crippen LogP contribution in [0.4, 0.5) is 32.0 Å². The summed E-state index contributed by atoms with van der Waals surface area (Å²) in [5, 5.41) is 0. The minimum atomic E-state index is -5.11. The fourth-order valence-electron chi connectivity index (χ4n) is 1.67. The smallest absolute Gasteiger partial charge is 0.378 e. The molecule has 0 aliphatic rings. The van der Waals surface area contributed by atoms with Crippen LogP contribution in [0, 0.1) is 0 Å². The van der Waals surface area contributed by atoms with Crippen LogP contribution in [-0.2, 0) is 12.4 Å². The Labute approximate surface area is 126 Å². The Morgan fingerprint density at radius 1 is 0.739 bits per heavy atom. The first-order valence-corrected chi connectivity index (χ1v) is 6.16. The van der Waals surface area contributed by atoms with E-state index in [9.17, 15) is 26.3 Å². The molecule has 0 unspecified atom stereocenters. The lowest BCUT2D eigenvalue weighted by Gasteiger charge is -2.13. The lowest BCUT2D eigenvalue weighted by molar-refractivity contribution is -0.155. The summed E-state index contributed by atoms with van der Waals surface area (Å²) in [5.41, 5.74) is 0.740. The number of hydrogen-bond donors (Lipinski definition) is 0. The molecule has 0 aliphatic carbocycles. The third-order valence-corrected chi connectivity index (χ3v) is 2.78. The van der Waals surface area contributed by atoms with Crippen LogP contribution in [0.3, 0.4) is 0 Å². The number of rotatable bonds is 2. The third kappa shape index (κ3) is 3.88. The number of hydrogen-bond acceptors (Lipinski definition) is 4. The molecule has 10 heteroatoms. The maximum absolute atomic E-state index is 12.7. The van der Waals surface area contributed by atoms with E-state index < -0.39 is 29.8 Å². The second-order valence-electron chi connectivity index (χ2n) is 4.74. The van der Waals surface area contributed by atoms with Gasteiger partial charge in [0.15, 0.2) is 5.82 Å². The van der Waals surface area contributed by atoms with E-state index in [1.54, 1.807) is 19.0 Å². The zero-order valence-electron chi connectivity index (χ0n) is 11.9. The second kappa shape index (κ2) is 5.67. The zero-order chi connectivity index (χ0) is 17.4. The number of nitrogens with zero attached hydrogens (tertiary/aromatic N) is 4. The Kier molecular flexibility index (Phi) is 4.18. The molecule has 1 heterocycles. The summed E-state index contributed by atoms with van der Waals surface area (Å²) < 4.78 is 76.2. The summed E-state index contributed by atoms with van der Waals surface area (Å²) in [5.74, 6) is -4.46. The molecule has 2 rings (SSSR count). The first-order valence-electron chi connectivity index (χ1n) is 6.16. The van der Waals surface area contributed by atoms with Crippen molar-refractivity contribution >= 4 is 5.69 Å². The molecule has 0 fully saturated rings. The number of aromatic nitrogens is 3. The van der Waals surface area contributed by atoms with E-state index in [1.165, 1.54) is 24.3 Å². The van der Waals surface area contributed by atoms with Gasteiger partial charge in [-0.15, -0.1) is 0 Å². The normalized spacial score (nSPS) is 12.3. The Balaban J connectivity index is 2.57. The second-order valence-corrected chi connectivity index (χ2v) is 4.74. The van der Waals surface area contributed by atoms with Crippen molar-refractivity contribution in [1.82, 2.24) is 15.0 Å². The molecule has 0 saturated heterocycles. The van der Waals surface area contributed by atoms with Gasteiger partial charge in [-0.3, -0.25) is 0 Å². The molecular weight excluding hydrogens is 326 g/mol. The fourth-order valence-corrected chi connectivity index (χ4v) is 1.67. The summed E-state index contributed by atoms with van der Waals surface area (Å²) >= 11 is 0. The Hall–Kier alpha value is -2.39. The SMILES string of the molecule is CN(C)c1ccc(-c2nc(C(F)(F)F)nc(C(F)(F)F)n2)cc1. The van der Waals surface area contributed by atoms with Gasteiger partial charge < -0.3 is 4.90 Å². The van der Waals surface area contributed by atoms with Gasteiger partial charge in [0.05, 0.1) is 0 Å². The van der Waals surface area contributed by atoms with Gasteiger partial charge in [0.2, 0.25) is 11.6 Å². The molecule has 2 aromatic rings. The van der Waals surface area contributed by atoms with Crippen LogP contribution < -0.4 is 4.90 Å². The number of benzene rings is 1. The molecule has 0 bridgehead atoms. The van der Waals surface area contributed by atoms with E-state index in [1.807, 2.05) is 0 Å². The minimum Gasteiger partial charge on any atom is -0.378 e. The molecule has 1 aromatic carbocycles. The summed E-state index contributed by atoms with van der Waals surface area (Å²) in [6, 6.07) is 5.73. The molecular formula is C13H10F6N4. The van der Waals surface area contributed by atoms with Crippen molar-refractivity contribution < 1.29 is 26.3 Å². The first kappa shape index (κ1) is 17.0. The molecule has 124 valence electrons. The van der Waals surface area contributed by atoms with Gasteiger partial charge in [0.1, 0.15) is 0 Å². The molecule has 0 amide bonds. The van der Waals surface area contributed by atoms with E-state index in [4.69, 9.17) is 0 Å². The molecule has 1 aromatic heterocycles. The van der Waals surface area contributed by atoms with E-state index in [2.05, 4.69) is 15.0 Å². The summed E-state index contributed by atoms with van der Waals surface area (Å²) in [7, 11) is 3.48. The van der Waals surface area contributed by atoms with Crippen LogP contribution in [0.1, 0.15) is 11.6 Å². The maximum atomic E-state index is 12.7. The van der Waals surface area contributed by atoms with Crippen LogP contribution >= 0.6 is 0 Å². The molecule has 0 atom stereocenters. The standard InChI is InChI=1S/C13H10F6N4/c1-23(2)8-5-3-7(4-6-8)9-20-10(12(14,15)16)22-11(21-9)13(17,18)19/h3-6H,1-2H3. The zero-order valence-corrected chi connectivity index (χ0v) is 11.9. The Morgan fingerprint density at radius 2 is 1.17 bits per heavy atom. The van der Waals surface area contributed by atoms with Crippen LogP contribution in [0.15, 0.2) is 24.3 Å². The minimum absolute atomic E-state index is 0.0222. The molecule has 0 spiro atoms. The third-order valence-electron chi connectivity index (χ3n) is 2.78. The molecule has 0 radical (unpaired) electrons. The molecule has 4 nitrogen and oxygen atoms in total. The van der Waals surface area contributed by atoms with Gasteiger partial charge in [-0.25, -0.2) is 15.0 Å². The average Bonchev–Trinajstić information content (AvgIpc) is 2.45. The highest BCUT2D eigenvalue weighted by molar-refractivity contribution is 5.60. The van der Waals surface area contributed by atoms with E-state index in [-0.39, 0.29) is 5.56 Å². The van der Waals surface area contributed by atoms with Crippen molar-refractivity contribution in [3.8, 4) is 11.4 Å². The lowest BCUT2D eigenvalue weighted by atomic mass is 10.2. The topological polar surface area (TPSA) is 41.9 Å². The number of halogens is 6. The van der Waals surface area contributed by atoms with Crippen molar-refractivity contribution in [1.29, 1.82) is 0 Å². The van der Waals surface area contributed by atoms with Gasteiger partial charge in [-0.1, -0.05) is 0 Å². The lowest BCUT2D eigenvalue weighted by Crippen LogP contribution is -2.19. The van der Waals surface area contributed by atoms with Crippen molar-refractivity contribution in [2.24, 2.45) is 0 Å². The highest BCUT2D eigenvalue weighted by Crippen LogP contribution is 2.32. The van der Waals surface area contributed by atoms with Crippen molar-refractivity contribution in [2.75, 3.05) is 19.0 Å². The highest BCUT2D eigenvalue weighted by Gasteiger charge is 2.41. The Bertz CT molecular complexity index is 659. The van der Waals surface area contributed by atoms with Crippen LogP contribution in [0.5, 0.6) is 0 Å². The predicted octanol–water partition coefficient (Wildman–Crippen LogP) is 3.64. The monoisotopic (exact) mass is 336 g/mol. The first-order chi connectivity index (χ1) is 10.5. The van der Waals surface area contributed by atoms with E-state index in [0.29, 0.717) is 0 Å². The maximum Gasteiger partial charge on any atom is 0.451 e. The highest BCUT2D eigenvalue weighted by atomic mass is 19.4. The molecule has 0 saturated carbocycles. The van der Waals surface area contributed by atoms with Gasteiger partial charge in [0, 0.05) is 25.3 Å². The van der Waals surface area contributed by atoms with Gasteiger partial charge in [-0.05, 0) is 24.3 Å². The van der Waals surface area contributed by atoms with Gasteiger partial charge in [0.25, 0.3) is 0 Å². The van der Waals surface area contributed by atoms with Crippen molar-refractivity contribution in [3.63, 3.8) is 0 Å².